The Labute approximate surface area is 89.2 Å². The molecule has 82 valence electrons. The Hall–Kier alpha value is -1.20. The van der Waals surface area contributed by atoms with E-state index in [0.29, 0.717) is 11.9 Å². The Morgan fingerprint density at radius 1 is 1.53 bits per heavy atom. The van der Waals surface area contributed by atoms with Crippen LogP contribution in [0.3, 0.4) is 0 Å². The first-order chi connectivity index (χ1) is 7.33. The van der Waals surface area contributed by atoms with Crippen molar-refractivity contribution < 1.29 is 4.74 Å². The molecule has 2 rings (SSSR count). The van der Waals surface area contributed by atoms with Crippen LogP contribution < -0.4 is 10.5 Å². The van der Waals surface area contributed by atoms with E-state index in [9.17, 15) is 0 Å². The molecule has 1 fully saturated rings. The summed E-state index contributed by atoms with van der Waals surface area (Å²) in [6.07, 6.45) is 1.19. The molecular formula is C10H16N4O. The van der Waals surface area contributed by atoms with Gasteiger partial charge in [0.2, 0.25) is 5.88 Å². The van der Waals surface area contributed by atoms with Gasteiger partial charge in [-0.25, -0.2) is 0 Å². The van der Waals surface area contributed by atoms with Crippen LogP contribution in [0.1, 0.15) is 12.1 Å². The summed E-state index contributed by atoms with van der Waals surface area (Å²) in [4.78, 5) is 2.32. The van der Waals surface area contributed by atoms with Gasteiger partial charge in [-0.05, 0) is 12.5 Å². The van der Waals surface area contributed by atoms with E-state index < -0.39 is 0 Å². The number of hydrogen-bond donors (Lipinski definition) is 1. The van der Waals surface area contributed by atoms with Crippen molar-refractivity contribution in [2.45, 2.75) is 19.0 Å². The normalized spacial score (nSPS) is 21.1. The molecule has 5 nitrogen and oxygen atoms in total. The lowest BCUT2D eigenvalue weighted by molar-refractivity contribution is 0.0863. The fourth-order valence-electron chi connectivity index (χ4n) is 1.72. The summed E-state index contributed by atoms with van der Waals surface area (Å²) in [5.41, 5.74) is 6.59. The molecule has 1 atom stereocenters. The molecule has 1 unspecified atom stereocenters. The zero-order valence-corrected chi connectivity index (χ0v) is 8.89. The van der Waals surface area contributed by atoms with Gasteiger partial charge >= 0.3 is 0 Å². The second-order valence-electron chi connectivity index (χ2n) is 3.72. The Kier molecular flexibility index (Phi) is 3.13. The van der Waals surface area contributed by atoms with Crippen LogP contribution in [0, 0.1) is 0 Å². The number of ether oxygens (including phenoxy) is 1. The summed E-state index contributed by atoms with van der Waals surface area (Å²) < 4.78 is 4.95. The van der Waals surface area contributed by atoms with E-state index in [1.807, 2.05) is 12.1 Å². The van der Waals surface area contributed by atoms with Gasteiger partial charge in [0.05, 0.1) is 12.8 Å². The van der Waals surface area contributed by atoms with Gasteiger partial charge in [0.15, 0.2) is 0 Å². The predicted octanol–water partition coefficient (Wildman–Crippen LogP) is 0.0182. The highest BCUT2D eigenvalue weighted by atomic mass is 16.5. The summed E-state index contributed by atoms with van der Waals surface area (Å²) in [5, 5.41) is 8.01. The maximum absolute atomic E-state index is 5.63. The molecule has 1 aliphatic rings. The molecule has 1 saturated heterocycles. The zero-order valence-electron chi connectivity index (χ0n) is 8.89. The number of aromatic nitrogens is 2. The van der Waals surface area contributed by atoms with E-state index in [1.165, 1.54) is 6.42 Å². The van der Waals surface area contributed by atoms with Crippen molar-refractivity contribution in [1.29, 1.82) is 0 Å². The van der Waals surface area contributed by atoms with Crippen LogP contribution in [0.15, 0.2) is 12.1 Å². The number of methoxy groups -OCH3 is 1. The van der Waals surface area contributed by atoms with Crippen molar-refractivity contribution in [3.63, 3.8) is 0 Å². The van der Waals surface area contributed by atoms with E-state index in [2.05, 4.69) is 15.1 Å². The molecule has 2 N–H and O–H groups in total. The second kappa shape index (κ2) is 4.55. The third kappa shape index (κ3) is 2.24. The Morgan fingerprint density at radius 2 is 2.40 bits per heavy atom. The number of likely N-dealkylation sites (tertiary alicyclic amines) is 1. The van der Waals surface area contributed by atoms with Gasteiger partial charge in [-0.3, -0.25) is 4.90 Å². The fraction of sp³-hybridized carbons (Fsp3) is 0.600. The predicted molar refractivity (Wildman–Crippen MR) is 56.5 cm³/mol. The minimum Gasteiger partial charge on any atom is -0.480 e. The molecule has 1 aromatic heterocycles. The summed E-state index contributed by atoms with van der Waals surface area (Å²) in [6, 6.07) is 4.30. The van der Waals surface area contributed by atoms with Crippen molar-refractivity contribution in [1.82, 2.24) is 15.1 Å². The smallest absolute Gasteiger partial charge is 0.233 e. The summed E-state index contributed by atoms with van der Waals surface area (Å²) in [5.74, 6) is 0.553. The topological polar surface area (TPSA) is 64.3 Å². The average Bonchev–Trinajstić information content (AvgIpc) is 2.26. The van der Waals surface area contributed by atoms with Gasteiger partial charge in [0.25, 0.3) is 0 Å². The van der Waals surface area contributed by atoms with Crippen LogP contribution in [-0.2, 0) is 6.54 Å². The van der Waals surface area contributed by atoms with Crippen LogP contribution in [0.2, 0.25) is 0 Å². The molecule has 0 radical (unpaired) electrons. The molecule has 15 heavy (non-hydrogen) atoms. The van der Waals surface area contributed by atoms with Crippen LogP contribution >= 0.6 is 0 Å². The molecule has 0 spiro atoms. The quantitative estimate of drug-likeness (QED) is 0.755. The van der Waals surface area contributed by atoms with Gasteiger partial charge < -0.3 is 10.5 Å². The maximum atomic E-state index is 5.63. The standard InChI is InChI=1S/C10H16N4O/c1-15-10-3-2-8(12-13-10)7-14-5-4-9(14)6-11/h2-3,9H,4-7,11H2,1H3. The number of nitrogens with two attached hydrogens (primary N) is 1. The SMILES string of the molecule is COc1ccc(CN2CCC2CN)nn1. The van der Waals surface area contributed by atoms with E-state index in [-0.39, 0.29) is 0 Å². The highest BCUT2D eigenvalue weighted by Crippen LogP contribution is 2.18. The molecular weight excluding hydrogens is 192 g/mol. The lowest BCUT2D eigenvalue weighted by Crippen LogP contribution is -2.51. The molecule has 1 aliphatic heterocycles. The lowest BCUT2D eigenvalue weighted by atomic mass is 10.0. The third-order valence-corrected chi connectivity index (χ3v) is 2.81. The summed E-state index contributed by atoms with van der Waals surface area (Å²) in [6.45, 7) is 2.66. The van der Waals surface area contributed by atoms with E-state index >= 15 is 0 Å². The molecule has 5 heteroatoms. The molecule has 0 saturated carbocycles. The van der Waals surface area contributed by atoms with Crippen LogP contribution in [0.5, 0.6) is 5.88 Å². The van der Waals surface area contributed by atoms with E-state index in [0.717, 1.165) is 25.3 Å². The maximum Gasteiger partial charge on any atom is 0.233 e. The highest BCUT2D eigenvalue weighted by Gasteiger charge is 2.26. The molecule has 2 heterocycles. The van der Waals surface area contributed by atoms with Gasteiger partial charge in [-0.15, -0.1) is 5.10 Å². The number of rotatable bonds is 4. The lowest BCUT2D eigenvalue weighted by Gasteiger charge is -2.39. The number of hydrogen-bond acceptors (Lipinski definition) is 5. The van der Waals surface area contributed by atoms with Gasteiger partial charge in [-0.2, -0.15) is 5.10 Å². The van der Waals surface area contributed by atoms with Gasteiger partial charge in [-0.1, -0.05) is 0 Å². The van der Waals surface area contributed by atoms with Crippen molar-refractivity contribution in [3.8, 4) is 5.88 Å². The van der Waals surface area contributed by atoms with Crippen LogP contribution in [-0.4, -0.2) is 41.3 Å². The van der Waals surface area contributed by atoms with Crippen LogP contribution in [0.4, 0.5) is 0 Å². The minimum absolute atomic E-state index is 0.522. The molecule has 0 aliphatic carbocycles. The second-order valence-corrected chi connectivity index (χ2v) is 3.72. The zero-order chi connectivity index (χ0) is 10.7. The third-order valence-electron chi connectivity index (χ3n) is 2.81. The summed E-state index contributed by atoms with van der Waals surface area (Å²) >= 11 is 0. The van der Waals surface area contributed by atoms with Gasteiger partial charge in [0, 0.05) is 31.7 Å². The average molecular weight is 208 g/mol. The van der Waals surface area contributed by atoms with Crippen LogP contribution in [0.25, 0.3) is 0 Å². The molecule has 0 amide bonds. The Bertz CT molecular complexity index is 312. The molecule has 0 aromatic carbocycles. The van der Waals surface area contributed by atoms with Crippen molar-refractivity contribution in [3.05, 3.63) is 17.8 Å². The van der Waals surface area contributed by atoms with E-state index in [4.69, 9.17) is 10.5 Å². The highest BCUT2D eigenvalue weighted by molar-refractivity contribution is 5.11. The fourth-order valence-corrected chi connectivity index (χ4v) is 1.72. The monoisotopic (exact) mass is 208 g/mol. The first kappa shape index (κ1) is 10.3. The van der Waals surface area contributed by atoms with E-state index in [1.54, 1.807) is 7.11 Å². The summed E-state index contributed by atoms with van der Waals surface area (Å²) in [7, 11) is 1.59. The minimum atomic E-state index is 0.522. The Balaban J connectivity index is 1.93. The molecule has 1 aromatic rings. The number of nitrogens with zero attached hydrogens (tertiary/aromatic N) is 3. The van der Waals surface area contributed by atoms with Crippen molar-refractivity contribution in [2.75, 3.05) is 20.2 Å². The van der Waals surface area contributed by atoms with Crippen molar-refractivity contribution >= 4 is 0 Å². The van der Waals surface area contributed by atoms with Gasteiger partial charge in [0.1, 0.15) is 0 Å². The largest absolute Gasteiger partial charge is 0.480 e. The first-order valence-electron chi connectivity index (χ1n) is 5.14. The van der Waals surface area contributed by atoms with Crippen molar-refractivity contribution in [2.24, 2.45) is 5.73 Å². The first-order valence-corrected chi connectivity index (χ1v) is 5.14. The molecule has 0 bridgehead atoms. The Morgan fingerprint density at radius 3 is 2.87 bits per heavy atom.